The number of pyridine rings is 1. The monoisotopic (exact) mass is 323 g/mol. The quantitative estimate of drug-likeness (QED) is 0.803. The second kappa shape index (κ2) is 7.73. The van der Waals surface area contributed by atoms with Gasteiger partial charge in [-0.2, -0.15) is 13.2 Å². The number of hydrogen-bond donors (Lipinski definition) is 2. The maximum absolute atomic E-state index is 12.6. The van der Waals surface area contributed by atoms with Crippen LogP contribution < -0.4 is 10.6 Å². The van der Waals surface area contributed by atoms with Gasteiger partial charge in [-0.3, -0.25) is 9.78 Å². The molecule has 0 bridgehead atoms. The number of halogens is 3. The number of alkyl halides is 3. The average Bonchev–Trinajstić information content (AvgIpc) is 2.52. The molecule has 1 heterocycles. The summed E-state index contributed by atoms with van der Waals surface area (Å²) in [6.45, 7) is 0.930. The number of hydrogen-bond acceptors (Lipinski definition) is 3. The molecule has 2 rings (SSSR count). The van der Waals surface area contributed by atoms with Crippen LogP contribution in [0.25, 0.3) is 0 Å². The summed E-state index contributed by atoms with van der Waals surface area (Å²) in [6, 6.07) is 10.1. The third kappa shape index (κ3) is 5.71. The SMILES string of the molecule is O=C(CCNCc1ccccn1)Nc1cccc(C(F)(F)F)c1. The predicted molar refractivity (Wildman–Crippen MR) is 80.6 cm³/mol. The summed E-state index contributed by atoms with van der Waals surface area (Å²) in [5.74, 6) is -0.349. The van der Waals surface area contributed by atoms with Crippen molar-refractivity contribution in [2.75, 3.05) is 11.9 Å². The Morgan fingerprint density at radius 3 is 2.65 bits per heavy atom. The van der Waals surface area contributed by atoms with Crippen molar-refractivity contribution < 1.29 is 18.0 Å². The van der Waals surface area contributed by atoms with E-state index >= 15 is 0 Å². The van der Waals surface area contributed by atoms with Crippen molar-refractivity contribution in [1.82, 2.24) is 10.3 Å². The van der Waals surface area contributed by atoms with Crippen LogP contribution in [0, 0.1) is 0 Å². The van der Waals surface area contributed by atoms with E-state index in [1.54, 1.807) is 6.20 Å². The molecule has 2 aromatic rings. The Labute approximate surface area is 131 Å². The number of rotatable bonds is 6. The van der Waals surface area contributed by atoms with Crippen LogP contribution in [0.2, 0.25) is 0 Å². The normalized spacial score (nSPS) is 11.3. The van der Waals surface area contributed by atoms with E-state index in [-0.39, 0.29) is 18.0 Å². The fraction of sp³-hybridized carbons (Fsp3) is 0.250. The molecule has 0 saturated heterocycles. The minimum absolute atomic E-state index is 0.134. The zero-order chi connectivity index (χ0) is 16.7. The van der Waals surface area contributed by atoms with Crippen molar-refractivity contribution in [3.05, 3.63) is 59.9 Å². The summed E-state index contributed by atoms with van der Waals surface area (Å²) < 4.78 is 37.8. The first-order chi connectivity index (χ1) is 10.9. The molecule has 0 radical (unpaired) electrons. The molecule has 4 nitrogen and oxygen atoms in total. The average molecular weight is 323 g/mol. The van der Waals surface area contributed by atoms with E-state index in [0.717, 1.165) is 17.8 Å². The Bertz CT molecular complexity index is 645. The first-order valence-electron chi connectivity index (χ1n) is 7.03. The van der Waals surface area contributed by atoms with Crippen LogP contribution in [0.3, 0.4) is 0 Å². The van der Waals surface area contributed by atoms with Crippen molar-refractivity contribution in [2.24, 2.45) is 0 Å². The number of carbonyl (C=O) groups is 1. The zero-order valence-electron chi connectivity index (χ0n) is 12.2. The van der Waals surface area contributed by atoms with Crippen LogP contribution in [0.1, 0.15) is 17.7 Å². The lowest BCUT2D eigenvalue weighted by atomic mass is 10.2. The van der Waals surface area contributed by atoms with Gasteiger partial charge in [0, 0.05) is 31.4 Å². The molecular formula is C16H16F3N3O. The van der Waals surface area contributed by atoms with E-state index in [0.29, 0.717) is 13.1 Å². The largest absolute Gasteiger partial charge is 0.416 e. The number of anilines is 1. The lowest BCUT2D eigenvalue weighted by Gasteiger charge is -2.10. The maximum atomic E-state index is 12.6. The maximum Gasteiger partial charge on any atom is 0.416 e. The van der Waals surface area contributed by atoms with Gasteiger partial charge in [-0.15, -0.1) is 0 Å². The highest BCUT2D eigenvalue weighted by molar-refractivity contribution is 5.90. The fourth-order valence-corrected chi connectivity index (χ4v) is 1.92. The van der Waals surface area contributed by atoms with E-state index in [1.807, 2.05) is 18.2 Å². The van der Waals surface area contributed by atoms with Crippen molar-refractivity contribution in [3.63, 3.8) is 0 Å². The van der Waals surface area contributed by atoms with Gasteiger partial charge in [-0.1, -0.05) is 12.1 Å². The molecule has 0 unspecified atom stereocenters. The zero-order valence-corrected chi connectivity index (χ0v) is 12.2. The summed E-state index contributed by atoms with van der Waals surface area (Å²) in [5.41, 5.74) is 0.198. The second-order valence-electron chi connectivity index (χ2n) is 4.87. The number of nitrogens with zero attached hydrogens (tertiary/aromatic N) is 1. The summed E-state index contributed by atoms with van der Waals surface area (Å²) in [7, 11) is 0. The minimum Gasteiger partial charge on any atom is -0.326 e. The number of aromatic nitrogens is 1. The summed E-state index contributed by atoms with van der Waals surface area (Å²) in [4.78, 5) is 15.9. The van der Waals surface area contributed by atoms with Crippen molar-refractivity contribution in [1.29, 1.82) is 0 Å². The molecule has 2 N–H and O–H groups in total. The van der Waals surface area contributed by atoms with Crippen molar-refractivity contribution >= 4 is 11.6 Å². The van der Waals surface area contributed by atoms with Gasteiger partial charge in [-0.25, -0.2) is 0 Å². The highest BCUT2D eigenvalue weighted by atomic mass is 19.4. The Balaban J connectivity index is 1.77. The van der Waals surface area contributed by atoms with Gasteiger partial charge in [-0.05, 0) is 30.3 Å². The topological polar surface area (TPSA) is 54.0 Å². The van der Waals surface area contributed by atoms with Gasteiger partial charge < -0.3 is 10.6 Å². The lowest BCUT2D eigenvalue weighted by Crippen LogP contribution is -2.22. The van der Waals surface area contributed by atoms with Gasteiger partial charge in [0.15, 0.2) is 0 Å². The molecule has 1 aromatic heterocycles. The predicted octanol–water partition coefficient (Wildman–Crippen LogP) is 3.22. The molecule has 0 spiro atoms. The van der Waals surface area contributed by atoms with Crippen LogP contribution in [-0.2, 0) is 17.5 Å². The molecule has 0 saturated carbocycles. The molecule has 122 valence electrons. The molecule has 1 aromatic carbocycles. The van der Waals surface area contributed by atoms with Crippen LogP contribution >= 0.6 is 0 Å². The number of benzene rings is 1. The van der Waals surface area contributed by atoms with Crippen molar-refractivity contribution in [2.45, 2.75) is 19.1 Å². The minimum atomic E-state index is -4.43. The van der Waals surface area contributed by atoms with Crippen LogP contribution in [0.15, 0.2) is 48.7 Å². The molecule has 0 atom stereocenters. The molecular weight excluding hydrogens is 307 g/mol. The second-order valence-corrected chi connectivity index (χ2v) is 4.87. The molecule has 7 heteroatoms. The molecule has 0 fully saturated rings. The van der Waals surface area contributed by atoms with Crippen molar-refractivity contribution in [3.8, 4) is 0 Å². The molecule has 1 amide bonds. The third-order valence-electron chi connectivity index (χ3n) is 3.03. The van der Waals surface area contributed by atoms with Gasteiger partial charge in [0.05, 0.1) is 11.3 Å². The first kappa shape index (κ1) is 17.0. The van der Waals surface area contributed by atoms with E-state index in [4.69, 9.17) is 0 Å². The van der Waals surface area contributed by atoms with E-state index in [2.05, 4.69) is 15.6 Å². The first-order valence-corrected chi connectivity index (χ1v) is 7.03. The molecule has 0 aliphatic heterocycles. The van der Waals surface area contributed by atoms with E-state index < -0.39 is 11.7 Å². The Kier molecular flexibility index (Phi) is 5.70. The Morgan fingerprint density at radius 1 is 1.13 bits per heavy atom. The van der Waals surface area contributed by atoms with Gasteiger partial charge in [0.1, 0.15) is 0 Å². The summed E-state index contributed by atoms with van der Waals surface area (Å²) >= 11 is 0. The van der Waals surface area contributed by atoms with E-state index in [9.17, 15) is 18.0 Å². The fourth-order valence-electron chi connectivity index (χ4n) is 1.92. The van der Waals surface area contributed by atoms with Crippen LogP contribution in [0.5, 0.6) is 0 Å². The number of carbonyl (C=O) groups excluding carboxylic acids is 1. The Morgan fingerprint density at radius 2 is 1.96 bits per heavy atom. The van der Waals surface area contributed by atoms with Crippen LogP contribution in [0.4, 0.5) is 18.9 Å². The number of amides is 1. The molecule has 23 heavy (non-hydrogen) atoms. The smallest absolute Gasteiger partial charge is 0.326 e. The summed E-state index contributed by atoms with van der Waals surface area (Å²) in [5, 5.41) is 5.51. The highest BCUT2D eigenvalue weighted by Crippen LogP contribution is 2.30. The van der Waals surface area contributed by atoms with Gasteiger partial charge in [0.2, 0.25) is 5.91 Å². The lowest BCUT2D eigenvalue weighted by molar-refractivity contribution is -0.137. The third-order valence-corrected chi connectivity index (χ3v) is 3.03. The molecule has 0 aliphatic rings. The van der Waals surface area contributed by atoms with Gasteiger partial charge >= 0.3 is 6.18 Å². The van der Waals surface area contributed by atoms with Crippen LogP contribution in [-0.4, -0.2) is 17.4 Å². The molecule has 0 aliphatic carbocycles. The standard InChI is InChI=1S/C16H16F3N3O/c17-16(18,19)12-4-3-6-13(10-12)22-15(23)7-9-20-11-14-5-1-2-8-21-14/h1-6,8,10,20H,7,9,11H2,(H,22,23). The Hall–Kier alpha value is -2.41. The highest BCUT2D eigenvalue weighted by Gasteiger charge is 2.30. The number of nitrogens with one attached hydrogen (secondary N) is 2. The summed E-state index contributed by atoms with van der Waals surface area (Å²) in [6.07, 6.45) is -2.59. The van der Waals surface area contributed by atoms with E-state index in [1.165, 1.54) is 12.1 Å². The van der Waals surface area contributed by atoms with Gasteiger partial charge in [0.25, 0.3) is 0 Å².